The molecule has 0 aliphatic heterocycles. The van der Waals surface area contributed by atoms with Crippen LogP contribution in [-0.4, -0.2) is 22.8 Å². The third-order valence-corrected chi connectivity index (χ3v) is 1.79. The second kappa shape index (κ2) is 3.63. The monoisotopic (exact) mass is 157 g/mol. The largest absolute Gasteiger partial charge is 0.347 e. The van der Waals surface area contributed by atoms with Gasteiger partial charge in [-0.2, -0.15) is 12.6 Å². The summed E-state index contributed by atoms with van der Waals surface area (Å²) in [5.74, 6) is 0.776. The summed E-state index contributed by atoms with van der Waals surface area (Å²) in [5.41, 5.74) is 1.08. The Balaban J connectivity index is 2.64. The number of thiol groups is 1. The van der Waals surface area contributed by atoms with Crippen LogP contribution in [0.3, 0.4) is 0 Å². The fourth-order valence-electron chi connectivity index (χ4n) is 0.802. The average molecular weight is 157 g/mol. The molecule has 0 amide bonds. The maximum atomic E-state index is 4.17. The molecule has 1 aromatic rings. The minimum atomic E-state index is 0.283. The predicted molar refractivity (Wildman–Crippen MR) is 44.2 cm³/mol. The van der Waals surface area contributed by atoms with Crippen molar-refractivity contribution in [2.45, 2.75) is 6.04 Å². The molecule has 0 unspecified atom stereocenters. The van der Waals surface area contributed by atoms with Crippen molar-refractivity contribution in [1.29, 1.82) is 0 Å². The Morgan fingerprint density at radius 2 is 2.70 bits per heavy atom. The molecule has 0 spiro atoms. The molecule has 1 aromatic heterocycles. The van der Waals surface area contributed by atoms with E-state index in [2.05, 4.69) is 27.9 Å². The van der Waals surface area contributed by atoms with Crippen molar-refractivity contribution in [1.82, 2.24) is 15.3 Å². The Labute approximate surface area is 65.7 Å². The Kier molecular flexibility index (Phi) is 2.77. The minimum Gasteiger partial charge on any atom is -0.347 e. The summed E-state index contributed by atoms with van der Waals surface area (Å²) in [6, 6.07) is 0.283. The van der Waals surface area contributed by atoms with Gasteiger partial charge in [0.25, 0.3) is 0 Å². The van der Waals surface area contributed by atoms with Gasteiger partial charge < -0.3 is 10.3 Å². The van der Waals surface area contributed by atoms with Crippen LogP contribution in [-0.2, 0) is 0 Å². The Morgan fingerprint density at radius 3 is 3.10 bits per heavy atom. The molecule has 1 heterocycles. The summed E-state index contributed by atoms with van der Waals surface area (Å²) in [6.07, 6.45) is 3.47. The first-order valence-corrected chi connectivity index (χ1v) is 3.78. The van der Waals surface area contributed by atoms with E-state index in [4.69, 9.17) is 0 Å². The molecule has 0 bridgehead atoms. The lowest BCUT2D eigenvalue weighted by molar-refractivity contribution is 0.647. The normalized spacial score (nSPS) is 13.4. The molecular formula is C6H11N3S. The van der Waals surface area contributed by atoms with Crippen molar-refractivity contribution in [2.24, 2.45) is 0 Å². The summed E-state index contributed by atoms with van der Waals surface area (Å²) in [5, 5.41) is 3.11. The fourth-order valence-corrected chi connectivity index (χ4v) is 1.18. The van der Waals surface area contributed by atoms with Crippen LogP contribution < -0.4 is 5.32 Å². The molecule has 56 valence electrons. The second-order valence-electron chi connectivity index (χ2n) is 2.03. The van der Waals surface area contributed by atoms with Gasteiger partial charge in [-0.15, -0.1) is 0 Å². The Bertz CT molecular complexity index is 169. The van der Waals surface area contributed by atoms with E-state index in [-0.39, 0.29) is 6.04 Å². The molecule has 0 saturated heterocycles. The van der Waals surface area contributed by atoms with Crippen LogP contribution in [0.5, 0.6) is 0 Å². The van der Waals surface area contributed by atoms with Gasteiger partial charge in [0.1, 0.15) is 0 Å². The number of hydrogen-bond acceptors (Lipinski definition) is 3. The highest BCUT2D eigenvalue weighted by Gasteiger charge is 2.06. The van der Waals surface area contributed by atoms with Gasteiger partial charge in [0.2, 0.25) is 0 Å². The van der Waals surface area contributed by atoms with E-state index in [1.807, 2.05) is 7.05 Å². The molecule has 1 rings (SSSR count). The topological polar surface area (TPSA) is 40.7 Å². The average Bonchev–Trinajstić information content (AvgIpc) is 2.43. The maximum Gasteiger partial charge on any atom is 0.0922 e. The summed E-state index contributed by atoms with van der Waals surface area (Å²) in [4.78, 5) is 6.93. The first kappa shape index (κ1) is 7.63. The van der Waals surface area contributed by atoms with Crippen molar-refractivity contribution in [3.05, 3.63) is 18.2 Å². The van der Waals surface area contributed by atoms with Crippen LogP contribution >= 0.6 is 12.6 Å². The van der Waals surface area contributed by atoms with Crippen LogP contribution in [0, 0.1) is 0 Å². The number of hydrogen-bond donors (Lipinski definition) is 3. The molecule has 1 atom stereocenters. The first-order chi connectivity index (χ1) is 4.88. The van der Waals surface area contributed by atoms with Crippen molar-refractivity contribution in [3.8, 4) is 0 Å². The van der Waals surface area contributed by atoms with Gasteiger partial charge in [-0.1, -0.05) is 0 Å². The molecule has 0 saturated carbocycles. The van der Waals surface area contributed by atoms with Crippen molar-refractivity contribution in [3.63, 3.8) is 0 Å². The highest BCUT2D eigenvalue weighted by Crippen LogP contribution is 2.08. The highest BCUT2D eigenvalue weighted by molar-refractivity contribution is 7.80. The van der Waals surface area contributed by atoms with Gasteiger partial charge in [-0.05, 0) is 7.05 Å². The van der Waals surface area contributed by atoms with Gasteiger partial charge in [0.15, 0.2) is 0 Å². The SMILES string of the molecule is CN[C@H](CS)c1cnc[nH]1. The molecule has 0 radical (unpaired) electrons. The molecule has 3 nitrogen and oxygen atoms in total. The summed E-state index contributed by atoms with van der Waals surface area (Å²) in [6.45, 7) is 0. The number of rotatable bonds is 3. The number of nitrogens with zero attached hydrogens (tertiary/aromatic N) is 1. The second-order valence-corrected chi connectivity index (χ2v) is 2.40. The molecule has 0 aliphatic rings. The van der Waals surface area contributed by atoms with E-state index in [0.29, 0.717) is 0 Å². The quantitative estimate of drug-likeness (QED) is 0.562. The number of aromatic amines is 1. The minimum absolute atomic E-state index is 0.283. The van der Waals surface area contributed by atoms with E-state index in [0.717, 1.165) is 11.4 Å². The molecular weight excluding hydrogens is 146 g/mol. The number of aromatic nitrogens is 2. The zero-order valence-electron chi connectivity index (χ0n) is 5.83. The zero-order chi connectivity index (χ0) is 7.40. The molecule has 2 N–H and O–H groups in total. The van der Waals surface area contributed by atoms with E-state index in [9.17, 15) is 0 Å². The molecule has 0 aliphatic carbocycles. The van der Waals surface area contributed by atoms with Crippen molar-refractivity contribution >= 4 is 12.6 Å². The maximum absolute atomic E-state index is 4.17. The van der Waals surface area contributed by atoms with Crippen molar-refractivity contribution < 1.29 is 0 Å². The van der Waals surface area contributed by atoms with Gasteiger partial charge in [-0.3, -0.25) is 0 Å². The predicted octanol–water partition coefficient (Wildman–Crippen LogP) is 0.600. The summed E-state index contributed by atoms with van der Waals surface area (Å²) < 4.78 is 0. The first-order valence-electron chi connectivity index (χ1n) is 3.15. The third-order valence-electron chi connectivity index (χ3n) is 1.43. The standard InChI is InChI=1S/C6H11N3S/c1-7-6(3-10)5-2-8-4-9-5/h2,4,6-7,10H,3H2,1H3,(H,8,9)/t6-/m1/s1. The third kappa shape index (κ3) is 1.52. The van der Waals surface area contributed by atoms with Gasteiger partial charge in [0, 0.05) is 11.9 Å². The Morgan fingerprint density at radius 1 is 1.90 bits per heavy atom. The lowest BCUT2D eigenvalue weighted by Gasteiger charge is -2.09. The highest BCUT2D eigenvalue weighted by atomic mass is 32.1. The fraction of sp³-hybridized carbons (Fsp3) is 0.500. The lowest BCUT2D eigenvalue weighted by atomic mass is 10.3. The smallest absolute Gasteiger partial charge is 0.0922 e. The van der Waals surface area contributed by atoms with Gasteiger partial charge in [0.05, 0.1) is 18.1 Å². The number of imidazole rings is 1. The molecule has 0 aromatic carbocycles. The van der Waals surface area contributed by atoms with E-state index in [1.54, 1.807) is 12.5 Å². The Hall–Kier alpha value is -0.480. The van der Waals surface area contributed by atoms with Crippen LogP contribution in [0.1, 0.15) is 11.7 Å². The molecule has 0 fully saturated rings. The number of nitrogens with one attached hydrogen (secondary N) is 2. The molecule has 10 heavy (non-hydrogen) atoms. The van der Waals surface area contributed by atoms with Gasteiger partial charge >= 0.3 is 0 Å². The van der Waals surface area contributed by atoms with Crippen LogP contribution in [0.2, 0.25) is 0 Å². The lowest BCUT2D eigenvalue weighted by Crippen LogP contribution is -2.17. The number of H-pyrrole nitrogens is 1. The molecule has 4 heteroatoms. The summed E-state index contributed by atoms with van der Waals surface area (Å²) in [7, 11) is 1.90. The van der Waals surface area contributed by atoms with Crippen molar-refractivity contribution in [2.75, 3.05) is 12.8 Å². The van der Waals surface area contributed by atoms with Crippen LogP contribution in [0.25, 0.3) is 0 Å². The van der Waals surface area contributed by atoms with E-state index >= 15 is 0 Å². The van der Waals surface area contributed by atoms with Crippen LogP contribution in [0.4, 0.5) is 0 Å². The van der Waals surface area contributed by atoms with Gasteiger partial charge in [-0.25, -0.2) is 4.98 Å². The van der Waals surface area contributed by atoms with E-state index in [1.165, 1.54) is 0 Å². The van der Waals surface area contributed by atoms with E-state index < -0.39 is 0 Å². The van der Waals surface area contributed by atoms with Crippen LogP contribution in [0.15, 0.2) is 12.5 Å². The summed E-state index contributed by atoms with van der Waals surface area (Å²) >= 11 is 4.17. The zero-order valence-corrected chi connectivity index (χ0v) is 6.73.